The first-order valence-electron chi connectivity index (χ1n) is 37.1. The van der Waals surface area contributed by atoms with Gasteiger partial charge in [-0.15, -0.1) is 29.7 Å². The van der Waals surface area contributed by atoms with Gasteiger partial charge >= 0.3 is 0 Å². The summed E-state index contributed by atoms with van der Waals surface area (Å²) in [6, 6.07) is 16.1. The largest absolute Gasteiger partial charge is 0.510 e. The van der Waals surface area contributed by atoms with E-state index in [1.54, 1.807) is 92.6 Å². The van der Waals surface area contributed by atoms with Crippen molar-refractivity contribution in [1.82, 2.24) is 14.1 Å². The molecule has 5 nitrogen and oxygen atoms in total. The zero-order valence-corrected chi connectivity index (χ0v) is 44.8. The van der Waals surface area contributed by atoms with Gasteiger partial charge in [-0.1, -0.05) is 232 Å². The summed E-state index contributed by atoms with van der Waals surface area (Å²) in [5.41, 5.74) is 0.916. The van der Waals surface area contributed by atoms with Crippen LogP contribution in [0.25, 0.3) is 72.3 Å². The average Bonchev–Trinajstić information content (AvgIpc) is 0.881. The summed E-state index contributed by atoms with van der Waals surface area (Å²) < 4.78 is 249. The summed E-state index contributed by atoms with van der Waals surface area (Å²) in [6.45, 7) is 2.80. The van der Waals surface area contributed by atoms with Crippen molar-refractivity contribution in [3.63, 3.8) is 0 Å². The molecule has 0 bridgehead atoms. The van der Waals surface area contributed by atoms with Crippen molar-refractivity contribution in [3.05, 3.63) is 284 Å². The van der Waals surface area contributed by atoms with Crippen LogP contribution in [0.3, 0.4) is 0 Å². The van der Waals surface area contributed by atoms with Gasteiger partial charge in [0.05, 0.1) is 48.2 Å². The van der Waals surface area contributed by atoms with Crippen LogP contribution in [0.5, 0.6) is 11.5 Å². The van der Waals surface area contributed by atoms with Crippen LogP contribution in [0.15, 0.2) is 254 Å². The Balaban J connectivity index is 0.0000102. The van der Waals surface area contributed by atoms with Gasteiger partial charge < -0.3 is 13.9 Å². The number of rotatable bonds is 11. The van der Waals surface area contributed by atoms with E-state index in [1.807, 2.05) is 32.9 Å². The Hall–Kier alpha value is -8.67. The van der Waals surface area contributed by atoms with Crippen LogP contribution in [-0.2, 0) is 26.5 Å². The molecule has 78 heavy (non-hydrogen) atoms. The van der Waals surface area contributed by atoms with Crippen molar-refractivity contribution in [1.29, 1.82) is 0 Å². The Kier molecular flexibility index (Phi) is 7.60. The third-order valence-electron chi connectivity index (χ3n) is 13.3. The minimum atomic E-state index is -5.99. The molecule has 0 atom stereocenters. The molecule has 0 saturated heterocycles. The number of ether oxygens (including phenoxy) is 1. The molecular weight excluding hydrogens is 1150 g/mol. The smallest absolute Gasteiger partial charge is 0.268 e. The van der Waals surface area contributed by atoms with E-state index in [-0.39, 0.29) is 66.3 Å². The van der Waals surface area contributed by atoms with Gasteiger partial charge in [0.1, 0.15) is 5.82 Å². The fourth-order valence-electron chi connectivity index (χ4n) is 9.86. The molecule has 0 unspecified atom stereocenters. The summed E-state index contributed by atoms with van der Waals surface area (Å²) in [6.07, 6.45) is 4.64. The van der Waals surface area contributed by atoms with Crippen LogP contribution in [-0.4, -0.2) is 22.2 Å². The average molecular weight is 1230 g/mol. The molecule has 0 spiro atoms. The monoisotopic (exact) mass is 1230 g/mol. The van der Waals surface area contributed by atoms with Crippen LogP contribution in [0.2, 0.25) is 0 Å². The number of hydrogen-bond donors (Lipinski definition) is 0. The predicted octanol–water partition coefficient (Wildman–Crippen LogP) is 13.9. The number of pyridine rings is 1. The SMILES string of the molecule is [2H]c1cc([Si](c2c([2H])c([2H])c([2H])c([2H])c2[2H])(c2c([2H])c([2H])c([2H])c([2H])c2[2H])c2c([2H])c([2H])c([2H])c(-c3cccc(C(C)(C)C)c3-[n+]3[c-]n(-c4[c-]c(Oc5[c-]c6c(cc5)c5ccccc5n6-c5cc(C([2H])([2H])[2H])c(-c6c([2H])c([2H])c([2H])c([2H])c6[2H])cn5)ccc4)c4ccccc43)c2[2H])c([2H])c([2H])c1[2H].[Pt]. The van der Waals surface area contributed by atoms with E-state index in [0.29, 0.717) is 38.7 Å². The van der Waals surface area contributed by atoms with Gasteiger partial charge in [0.2, 0.25) is 0 Å². The number of aromatic nitrogens is 4. The minimum Gasteiger partial charge on any atom is -0.510 e. The predicted molar refractivity (Wildman–Crippen MR) is 318 cm³/mol. The number of aryl methyl sites for hydroxylation is 1. The summed E-state index contributed by atoms with van der Waals surface area (Å²) in [4.78, 5) is 4.67. The van der Waals surface area contributed by atoms with Crippen LogP contribution in [0.4, 0.5) is 0 Å². The third kappa shape index (κ3) is 8.81. The molecule has 7 heteroatoms. The van der Waals surface area contributed by atoms with Crippen molar-refractivity contribution in [2.45, 2.75) is 33.0 Å². The number of fused-ring (bicyclic) bond motifs is 4. The number of imidazole rings is 1. The maximum atomic E-state index is 10.7. The molecule has 0 aliphatic heterocycles. The fourth-order valence-corrected chi connectivity index (χ4v) is 13.5. The van der Waals surface area contributed by atoms with E-state index >= 15 is 0 Å². The molecule has 380 valence electrons. The maximum absolute atomic E-state index is 10.7. The van der Waals surface area contributed by atoms with Gasteiger partial charge in [-0.25, -0.2) is 4.98 Å². The Labute approximate surface area is 508 Å². The van der Waals surface area contributed by atoms with Gasteiger partial charge in [0, 0.05) is 54.0 Å². The topological polar surface area (TPSA) is 35.9 Å². The van der Waals surface area contributed by atoms with Gasteiger partial charge in [-0.05, 0) is 84.0 Å². The normalized spacial score (nSPS) is 16.6. The fraction of sp³-hybridized carbons (Fsp3) is 0.0704. The molecule has 3 aromatic heterocycles. The first kappa shape index (κ1) is 28.6. The van der Waals surface area contributed by atoms with Crippen LogP contribution >= 0.6 is 0 Å². The van der Waals surface area contributed by atoms with Crippen molar-refractivity contribution < 1.29 is 66.0 Å². The molecule has 13 aromatic rings. The first-order valence-corrected chi connectivity index (χ1v) is 26.1. The van der Waals surface area contributed by atoms with Gasteiger partial charge in [0.25, 0.3) is 6.33 Å². The van der Waals surface area contributed by atoms with E-state index in [2.05, 4.69) is 23.4 Å². The molecule has 3 heterocycles. The maximum Gasteiger partial charge on any atom is 0.268 e. The summed E-state index contributed by atoms with van der Waals surface area (Å²) in [7, 11) is -5.99. The summed E-state index contributed by atoms with van der Waals surface area (Å²) in [5, 5.41) is -1.83. The molecule has 0 fully saturated rings. The molecule has 0 radical (unpaired) electrons. The zero-order chi connectivity index (χ0) is 74.6. The van der Waals surface area contributed by atoms with Crippen LogP contribution < -0.4 is 30.1 Å². The molecule has 0 N–H and O–H groups in total. The van der Waals surface area contributed by atoms with Crippen molar-refractivity contribution in [2.24, 2.45) is 0 Å². The first-order chi connectivity index (χ1) is 48.5. The van der Waals surface area contributed by atoms with Gasteiger partial charge in [0.15, 0.2) is 8.07 Å². The van der Waals surface area contributed by atoms with E-state index in [4.69, 9.17) is 28.0 Å². The van der Waals surface area contributed by atoms with Crippen LogP contribution in [0.1, 0.15) is 67.5 Å². The van der Waals surface area contributed by atoms with Crippen molar-refractivity contribution >= 4 is 61.7 Å². The number of hydrogen-bond acceptors (Lipinski definition) is 2. The number of benzene rings is 10. The Bertz CT molecular complexity index is 5700. The Morgan fingerprint density at radius 2 is 1.23 bits per heavy atom. The van der Waals surface area contributed by atoms with E-state index in [0.717, 1.165) is 11.5 Å². The molecule has 10 aromatic carbocycles. The van der Waals surface area contributed by atoms with E-state index < -0.39 is 186 Å². The van der Waals surface area contributed by atoms with E-state index in [1.165, 1.54) is 18.3 Å². The molecule has 0 aliphatic carbocycles. The standard InChI is InChI=1S/C71H54N4OSi.Pt/c1-50-44-69(72-48-63(50)51-24-9-5-10-25-51)75-65-39-18-17-36-61(65)62-43-42-55(47-68(62)75)76-54-28-22-27-53(46-54)73-49-74(67-41-20-19-40-66(67)73)70-60(37-23-38-64(70)71(2,3)4)52-26-21-35-59(45-52)77(56-29-11-6-12-30-56,57-31-13-7-14-32-57)58-33-15-8-16-34-58;/h5-45,48H,1-4H3;/q-2;/i1D3,5D,6D,7D,8D,9D,10D,11D,12D,13D,14D,15D,16D,21D,24D,25D,26D,29D,30D,31D,32D,33D,35D,45D;. The molecule has 13 rings (SSSR count). The van der Waals surface area contributed by atoms with Crippen molar-refractivity contribution in [2.75, 3.05) is 0 Å². The zero-order valence-electron chi connectivity index (χ0n) is 67.5. The second-order valence-corrected chi connectivity index (χ2v) is 22.4. The second-order valence-electron chi connectivity index (χ2n) is 18.8. The molecular formula is C71H54N4OPtSi-2. The molecule has 0 saturated carbocycles. The van der Waals surface area contributed by atoms with Crippen molar-refractivity contribution in [3.8, 4) is 50.9 Å². The Morgan fingerprint density at radius 3 is 1.99 bits per heavy atom. The summed E-state index contributed by atoms with van der Waals surface area (Å²) >= 11 is 0. The van der Waals surface area contributed by atoms with Crippen LogP contribution in [0, 0.1) is 25.3 Å². The number of para-hydroxylation sites is 4. The molecule has 0 amide bonds. The number of nitrogens with zero attached hydrogens (tertiary/aromatic N) is 4. The Morgan fingerprint density at radius 1 is 0.577 bits per heavy atom. The third-order valence-corrected chi connectivity index (χ3v) is 17.3. The van der Waals surface area contributed by atoms with E-state index in [9.17, 15) is 12.3 Å². The molecule has 0 aliphatic rings. The minimum absolute atomic E-state index is 0. The summed E-state index contributed by atoms with van der Waals surface area (Å²) in [5.74, 6) is 0.427. The van der Waals surface area contributed by atoms with Gasteiger partial charge in [-0.3, -0.25) is 4.57 Å². The second kappa shape index (κ2) is 20.7. The van der Waals surface area contributed by atoms with Gasteiger partial charge in [-0.2, -0.15) is 18.2 Å². The quantitative estimate of drug-likeness (QED) is 0.0560.